The third-order valence-corrected chi connectivity index (χ3v) is 2.62. The normalized spacial score (nSPS) is 12.5. The second-order valence-electron chi connectivity index (χ2n) is 3.05. The molecule has 1 aromatic carbocycles. The van der Waals surface area contributed by atoms with E-state index in [2.05, 4.69) is 0 Å². The summed E-state index contributed by atoms with van der Waals surface area (Å²) in [6.07, 6.45) is 0. The van der Waals surface area contributed by atoms with E-state index in [1.54, 1.807) is 0 Å². The third kappa shape index (κ3) is 2.01. The Morgan fingerprint density at radius 2 is 2.08 bits per heavy atom. The van der Waals surface area contributed by atoms with E-state index in [0.29, 0.717) is 0 Å². The molecule has 3 heteroatoms. The van der Waals surface area contributed by atoms with Crippen LogP contribution in [0.2, 0.25) is 0 Å². The van der Waals surface area contributed by atoms with Gasteiger partial charge < -0.3 is 5.73 Å². The van der Waals surface area contributed by atoms with Crippen molar-refractivity contribution in [1.82, 2.24) is 0 Å². The van der Waals surface area contributed by atoms with Crippen molar-refractivity contribution < 1.29 is 4.79 Å². The predicted octanol–water partition coefficient (Wildman–Crippen LogP) is 2.07. The number of amides is 1. The number of aryl methyl sites for hydroxylation is 1. The van der Waals surface area contributed by atoms with Crippen LogP contribution in [0, 0.1) is 13.8 Å². The number of alkyl halides is 1. The Labute approximate surface area is 82.7 Å². The van der Waals surface area contributed by atoms with Gasteiger partial charge in [0.1, 0.15) is 5.38 Å². The van der Waals surface area contributed by atoms with Crippen LogP contribution in [-0.2, 0) is 4.79 Å². The lowest BCUT2D eigenvalue weighted by atomic mass is 10.0. The fourth-order valence-corrected chi connectivity index (χ4v) is 1.44. The lowest BCUT2D eigenvalue weighted by Gasteiger charge is -2.10. The van der Waals surface area contributed by atoms with Crippen molar-refractivity contribution in [3.05, 3.63) is 34.9 Å². The Morgan fingerprint density at radius 1 is 1.46 bits per heavy atom. The van der Waals surface area contributed by atoms with Crippen molar-refractivity contribution in [2.45, 2.75) is 19.2 Å². The number of rotatable bonds is 2. The standard InChI is InChI=1S/C10H12ClNO/c1-6-4-3-5-8(7(6)2)9(11)10(12)13/h3-5,9H,1-2H3,(H2,12,13). The fraction of sp³-hybridized carbons (Fsp3) is 0.300. The fourth-order valence-electron chi connectivity index (χ4n) is 1.20. The van der Waals surface area contributed by atoms with Crippen LogP contribution in [0.4, 0.5) is 0 Å². The maximum atomic E-state index is 10.9. The summed E-state index contributed by atoms with van der Waals surface area (Å²) in [4.78, 5) is 10.9. The summed E-state index contributed by atoms with van der Waals surface area (Å²) in [6, 6.07) is 5.67. The second-order valence-corrected chi connectivity index (χ2v) is 3.49. The van der Waals surface area contributed by atoms with Gasteiger partial charge in [-0.2, -0.15) is 0 Å². The highest BCUT2D eigenvalue weighted by Crippen LogP contribution is 2.24. The van der Waals surface area contributed by atoms with Crippen molar-refractivity contribution in [1.29, 1.82) is 0 Å². The van der Waals surface area contributed by atoms with Gasteiger partial charge in [0, 0.05) is 0 Å². The number of hydrogen-bond donors (Lipinski definition) is 1. The molecule has 0 radical (unpaired) electrons. The van der Waals surface area contributed by atoms with Crippen LogP contribution in [0.1, 0.15) is 22.1 Å². The van der Waals surface area contributed by atoms with E-state index in [1.165, 1.54) is 0 Å². The van der Waals surface area contributed by atoms with Gasteiger partial charge in [0.05, 0.1) is 0 Å². The number of hydrogen-bond acceptors (Lipinski definition) is 1. The van der Waals surface area contributed by atoms with Crippen LogP contribution in [0.25, 0.3) is 0 Å². The molecule has 0 heterocycles. The second kappa shape index (κ2) is 3.79. The monoisotopic (exact) mass is 197 g/mol. The van der Waals surface area contributed by atoms with Crippen LogP contribution in [0.5, 0.6) is 0 Å². The maximum Gasteiger partial charge on any atom is 0.240 e. The van der Waals surface area contributed by atoms with Crippen LogP contribution >= 0.6 is 11.6 Å². The topological polar surface area (TPSA) is 43.1 Å². The molecule has 1 aromatic rings. The first-order chi connectivity index (χ1) is 6.04. The molecule has 0 saturated heterocycles. The van der Waals surface area contributed by atoms with E-state index in [9.17, 15) is 4.79 Å². The third-order valence-electron chi connectivity index (χ3n) is 2.17. The van der Waals surface area contributed by atoms with Crippen molar-refractivity contribution in [2.75, 3.05) is 0 Å². The highest BCUT2D eigenvalue weighted by molar-refractivity contribution is 6.30. The quantitative estimate of drug-likeness (QED) is 0.725. The van der Waals surface area contributed by atoms with E-state index >= 15 is 0 Å². The van der Waals surface area contributed by atoms with Gasteiger partial charge in [0.2, 0.25) is 5.91 Å². The van der Waals surface area contributed by atoms with E-state index in [0.717, 1.165) is 16.7 Å². The summed E-state index contributed by atoms with van der Waals surface area (Å²) in [5, 5.41) is -0.722. The molecule has 0 saturated carbocycles. The molecular formula is C10H12ClNO. The van der Waals surface area contributed by atoms with Gasteiger partial charge in [-0.15, -0.1) is 11.6 Å². The molecule has 13 heavy (non-hydrogen) atoms. The Morgan fingerprint density at radius 3 is 2.62 bits per heavy atom. The number of carbonyl (C=O) groups excluding carboxylic acids is 1. The number of benzene rings is 1. The van der Waals surface area contributed by atoms with Gasteiger partial charge in [-0.3, -0.25) is 4.79 Å². The molecule has 0 bridgehead atoms. The van der Waals surface area contributed by atoms with E-state index in [4.69, 9.17) is 17.3 Å². The van der Waals surface area contributed by atoms with Crippen molar-refractivity contribution in [2.24, 2.45) is 5.73 Å². The van der Waals surface area contributed by atoms with Gasteiger partial charge in [0.25, 0.3) is 0 Å². The largest absolute Gasteiger partial charge is 0.368 e. The van der Waals surface area contributed by atoms with Gasteiger partial charge in [-0.25, -0.2) is 0 Å². The molecule has 1 rings (SSSR count). The summed E-state index contributed by atoms with van der Waals surface area (Å²) < 4.78 is 0. The zero-order valence-corrected chi connectivity index (χ0v) is 8.43. The first-order valence-corrected chi connectivity index (χ1v) is 4.47. The van der Waals surface area contributed by atoms with E-state index < -0.39 is 11.3 Å². The Bertz CT molecular complexity index is 336. The highest BCUT2D eigenvalue weighted by Gasteiger charge is 2.16. The lowest BCUT2D eigenvalue weighted by molar-refractivity contribution is -0.117. The SMILES string of the molecule is Cc1cccc(C(Cl)C(N)=O)c1C. The molecule has 2 nitrogen and oxygen atoms in total. The van der Waals surface area contributed by atoms with Crippen molar-refractivity contribution >= 4 is 17.5 Å². The maximum absolute atomic E-state index is 10.9. The minimum absolute atomic E-state index is 0.504. The average molecular weight is 198 g/mol. The molecule has 0 aliphatic rings. The smallest absolute Gasteiger partial charge is 0.240 e. The molecule has 0 fully saturated rings. The molecule has 0 aliphatic carbocycles. The lowest BCUT2D eigenvalue weighted by Crippen LogP contribution is -2.17. The number of nitrogens with two attached hydrogens (primary N) is 1. The molecule has 1 unspecified atom stereocenters. The number of primary amides is 1. The molecule has 70 valence electrons. The molecule has 0 spiro atoms. The first kappa shape index (κ1) is 10.1. The summed E-state index contributed by atoms with van der Waals surface area (Å²) in [5.74, 6) is -0.504. The molecule has 0 aliphatic heterocycles. The Balaban J connectivity index is 3.15. The predicted molar refractivity (Wildman–Crippen MR) is 53.7 cm³/mol. The minimum atomic E-state index is -0.722. The molecule has 0 aromatic heterocycles. The molecular weight excluding hydrogens is 186 g/mol. The van der Waals surface area contributed by atoms with Crippen molar-refractivity contribution in [3.8, 4) is 0 Å². The van der Waals surface area contributed by atoms with Gasteiger partial charge in [-0.1, -0.05) is 18.2 Å². The average Bonchev–Trinajstić information content (AvgIpc) is 2.08. The number of halogens is 1. The number of carbonyl (C=O) groups is 1. The summed E-state index contributed by atoms with van der Waals surface area (Å²) in [5.41, 5.74) is 8.06. The molecule has 2 N–H and O–H groups in total. The van der Waals surface area contributed by atoms with Gasteiger partial charge in [0.15, 0.2) is 0 Å². The van der Waals surface area contributed by atoms with E-state index in [1.807, 2.05) is 32.0 Å². The first-order valence-electron chi connectivity index (χ1n) is 4.03. The van der Waals surface area contributed by atoms with Crippen LogP contribution < -0.4 is 5.73 Å². The Kier molecular flexibility index (Phi) is 2.94. The van der Waals surface area contributed by atoms with E-state index in [-0.39, 0.29) is 0 Å². The molecule has 1 atom stereocenters. The zero-order valence-electron chi connectivity index (χ0n) is 7.67. The Hall–Kier alpha value is -1.02. The zero-order chi connectivity index (χ0) is 10.0. The van der Waals surface area contributed by atoms with Crippen LogP contribution in [-0.4, -0.2) is 5.91 Å². The van der Waals surface area contributed by atoms with Crippen LogP contribution in [0.15, 0.2) is 18.2 Å². The summed E-state index contributed by atoms with van der Waals surface area (Å²) in [6.45, 7) is 3.91. The van der Waals surface area contributed by atoms with Gasteiger partial charge in [-0.05, 0) is 30.5 Å². The molecule has 1 amide bonds. The van der Waals surface area contributed by atoms with Crippen molar-refractivity contribution in [3.63, 3.8) is 0 Å². The highest BCUT2D eigenvalue weighted by atomic mass is 35.5. The minimum Gasteiger partial charge on any atom is -0.368 e. The summed E-state index contributed by atoms with van der Waals surface area (Å²) in [7, 11) is 0. The van der Waals surface area contributed by atoms with Gasteiger partial charge >= 0.3 is 0 Å². The van der Waals surface area contributed by atoms with Crippen LogP contribution in [0.3, 0.4) is 0 Å². The summed E-state index contributed by atoms with van der Waals surface area (Å²) >= 11 is 5.84.